The fraction of sp³-hybridized carbons (Fsp3) is 0.130. The number of carbonyl (C=O) groups excluding carboxylic acids is 2. The molecule has 0 aliphatic carbocycles. The summed E-state index contributed by atoms with van der Waals surface area (Å²) in [6.45, 7) is 1.67. The first-order valence-electron chi connectivity index (χ1n) is 9.56. The largest absolute Gasteiger partial charge is 0.488 e. The summed E-state index contributed by atoms with van der Waals surface area (Å²) in [5.41, 5.74) is 1.07. The molecule has 0 spiro atoms. The molecule has 3 aromatic carbocycles. The third kappa shape index (κ3) is 5.83. The second-order valence-electron chi connectivity index (χ2n) is 6.73. The first-order valence-corrected chi connectivity index (χ1v) is 9.94. The number of ether oxygens (including phenoxy) is 2. The molecule has 1 atom stereocenters. The number of amides is 1. The number of benzene rings is 3. The molecule has 8 nitrogen and oxygen atoms in total. The van der Waals surface area contributed by atoms with Gasteiger partial charge in [-0.3, -0.25) is 14.9 Å². The summed E-state index contributed by atoms with van der Waals surface area (Å²) < 4.78 is 11.0. The van der Waals surface area contributed by atoms with Crippen LogP contribution in [-0.2, 0) is 16.1 Å². The third-order valence-corrected chi connectivity index (χ3v) is 4.73. The lowest BCUT2D eigenvalue weighted by atomic mass is 10.2. The number of rotatable bonds is 8. The summed E-state index contributed by atoms with van der Waals surface area (Å²) in [6.07, 6.45) is -1.16. The van der Waals surface area contributed by atoms with Crippen LogP contribution in [-0.4, -0.2) is 22.9 Å². The topological polar surface area (TPSA) is 108 Å². The van der Waals surface area contributed by atoms with Crippen molar-refractivity contribution < 1.29 is 24.0 Å². The number of esters is 1. The van der Waals surface area contributed by atoms with Crippen LogP contribution in [0.5, 0.6) is 5.75 Å². The lowest BCUT2D eigenvalue weighted by Crippen LogP contribution is -2.30. The monoisotopic (exact) mass is 454 g/mol. The molecule has 9 heteroatoms. The van der Waals surface area contributed by atoms with Gasteiger partial charge >= 0.3 is 5.97 Å². The van der Waals surface area contributed by atoms with Crippen molar-refractivity contribution in [1.82, 2.24) is 0 Å². The van der Waals surface area contributed by atoms with E-state index in [4.69, 9.17) is 21.1 Å². The molecule has 3 rings (SSSR count). The highest BCUT2D eigenvalue weighted by Crippen LogP contribution is 2.27. The Labute approximate surface area is 188 Å². The van der Waals surface area contributed by atoms with Crippen LogP contribution in [0.1, 0.15) is 22.8 Å². The molecular formula is C23H19ClN2O6. The average molecular weight is 455 g/mol. The number of nitro groups is 1. The molecule has 1 N–H and O–H groups in total. The molecule has 1 amide bonds. The lowest BCUT2D eigenvalue weighted by Gasteiger charge is -2.16. The van der Waals surface area contributed by atoms with E-state index in [0.717, 1.165) is 11.6 Å². The van der Waals surface area contributed by atoms with Crippen LogP contribution in [0.4, 0.5) is 11.4 Å². The van der Waals surface area contributed by atoms with E-state index in [1.54, 1.807) is 24.3 Å². The number of nitrogens with zero attached hydrogens (tertiary/aromatic N) is 1. The zero-order valence-electron chi connectivity index (χ0n) is 17.0. The molecule has 0 aliphatic heterocycles. The normalized spacial score (nSPS) is 11.3. The van der Waals surface area contributed by atoms with E-state index in [9.17, 15) is 19.7 Å². The maximum Gasteiger partial charge on any atom is 0.342 e. The molecule has 0 bridgehead atoms. The fourth-order valence-electron chi connectivity index (χ4n) is 2.73. The molecule has 32 heavy (non-hydrogen) atoms. The Morgan fingerprint density at radius 3 is 2.44 bits per heavy atom. The predicted molar refractivity (Wildman–Crippen MR) is 119 cm³/mol. The Morgan fingerprint density at radius 1 is 1.06 bits per heavy atom. The molecule has 1 unspecified atom stereocenters. The summed E-state index contributed by atoms with van der Waals surface area (Å²) in [4.78, 5) is 35.3. The molecule has 0 saturated heterocycles. The van der Waals surface area contributed by atoms with Gasteiger partial charge in [-0.25, -0.2) is 4.79 Å². The van der Waals surface area contributed by atoms with Gasteiger partial charge in [0.05, 0.1) is 15.6 Å². The van der Waals surface area contributed by atoms with Gasteiger partial charge in [-0.1, -0.05) is 54.1 Å². The summed E-state index contributed by atoms with van der Waals surface area (Å²) in [7, 11) is 0. The quantitative estimate of drug-likeness (QED) is 0.291. The van der Waals surface area contributed by atoms with E-state index in [1.165, 1.54) is 19.1 Å². The average Bonchev–Trinajstić information content (AvgIpc) is 2.79. The molecule has 3 aromatic rings. The molecular weight excluding hydrogens is 436 g/mol. The van der Waals surface area contributed by atoms with Crippen LogP contribution in [0.3, 0.4) is 0 Å². The van der Waals surface area contributed by atoms with Gasteiger partial charge in [-0.05, 0) is 30.7 Å². The molecule has 0 aromatic heterocycles. The number of halogens is 1. The van der Waals surface area contributed by atoms with Crippen LogP contribution in [0.25, 0.3) is 0 Å². The zero-order valence-corrected chi connectivity index (χ0v) is 17.7. The van der Waals surface area contributed by atoms with Crippen LogP contribution in [0.15, 0.2) is 72.8 Å². The van der Waals surface area contributed by atoms with Crippen LogP contribution in [0, 0.1) is 10.1 Å². The van der Waals surface area contributed by atoms with E-state index in [-0.39, 0.29) is 28.6 Å². The second kappa shape index (κ2) is 10.4. The summed E-state index contributed by atoms with van der Waals surface area (Å²) >= 11 is 5.99. The van der Waals surface area contributed by atoms with E-state index >= 15 is 0 Å². The van der Waals surface area contributed by atoms with Gasteiger partial charge in [0.25, 0.3) is 11.6 Å². The number of nitro benzene ring substituents is 1. The van der Waals surface area contributed by atoms with Gasteiger partial charge in [0, 0.05) is 12.1 Å². The summed E-state index contributed by atoms with van der Waals surface area (Å²) in [5.74, 6) is -1.05. The maximum atomic E-state index is 12.6. The van der Waals surface area contributed by atoms with Gasteiger partial charge in [0.1, 0.15) is 17.9 Å². The summed E-state index contributed by atoms with van der Waals surface area (Å²) in [6, 6.07) is 19.7. The maximum absolute atomic E-state index is 12.6. The van der Waals surface area contributed by atoms with Crippen molar-refractivity contribution in [2.24, 2.45) is 0 Å². The van der Waals surface area contributed by atoms with Gasteiger partial charge in [0.15, 0.2) is 6.10 Å². The minimum absolute atomic E-state index is 0.00858. The number of hydrogen-bond acceptors (Lipinski definition) is 6. The highest BCUT2D eigenvalue weighted by Gasteiger charge is 2.22. The molecule has 0 fully saturated rings. The van der Waals surface area contributed by atoms with E-state index in [1.807, 2.05) is 30.3 Å². The van der Waals surface area contributed by atoms with Crippen molar-refractivity contribution in [3.05, 3.63) is 99.1 Å². The number of hydrogen-bond donors (Lipinski definition) is 1. The van der Waals surface area contributed by atoms with Crippen LogP contribution in [0.2, 0.25) is 5.02 Å². The Morgan fingerprint density at radius 2 is 1.75 bits per heavy atom. The highest BCUT2D eigenvalue weighted by atomic mass is 35.5. The predicted octanol–water partition coefficient (Wildman–Crippen LogP) is 5.01. The summed E-state index contributed by atoms with van der Waals surface area (Å²) in [5, 5.41) is 13.3. The number of nitrogens with one attached hydrogen (secondary N) is 1. The van der Waals surface area contributed by atoms with Crippen molar-refractivity contribution in [3.8, 4) is 5.75 Å². The first-order chi connectivity index (χ1) is 15.3. The SMILES string of the molecule is CC(OC(=O)c1ccccc1OCc1ccccc1)C(=O)Nc1ccc([N+](=O)[O-])cc1Cl. The van der Waals surface area contributed by atoms with Crippen molar-refractivity contribution in [2.75, 3.05) is 5.32 Å². The molecule has 0 radical (unpaired) electrons. The van der Waals surface area contributed by atoms with Gasteiger partial charge in [-0.15, -0.1) is 0 Å². The molecule has 164 valence electrons. The van der Waals surface area contributed by atoms with Crippen LogP contribution >= 0.6 is 11.6 Å². The van der Waals surface area contributed by atoms with Crippen molar-refractivity contribution in [1.29, 1.82) is 0 Å². The smallest absolute Gasteiger partial charge is 0.342 e. The number of carbonyl (C=O) groups is 2. The van der Waals surface area contributed by atoms with Gasteiger partial charge in [0.2, 0.25) is 0 Å². The Bertz CT molecular complexity index is 1140. The molecule has 0 aliphatic rings. The Balaban J connectivity index is 1.64. The zero-order chi connectivity index (χ0) is 23.1. The number of para-hydroxylation sites is 1. The highest BCUT2D eigenvalue weighted by molar-refractivity contribution is 6.34. The fourth-order valence-corrected chi connectivity index (χ4v) is 2.95. The van der Waals surface area contributed by atoms with Gasteiger partial charge in [-0.2, -0.15) is 0 Å². The number of anilines is 1. The number of non-ortho nitro benzene ring substituents is 1. The lowest BCUT2D eigenvalue weighted by molar-refractivity contribution is -0.384. The third-order valence-electron chi connectivity index (χ3n) is 4.42. The van der Waals surface area contributed by atoms with Crippen molar-refractivity contribution in [3.63, 3.8) is 0 Å². The van der Waals surface area contributed by atoms with Gasteiger partial charge < -0.3 is 14.8 Å². The van der Waals surface area contributed by atoms with E-state index in [2.05, 4.69) is 5.32 Å². The molecule has 0 heterocycles. The first kappa shape index (κ1) is 22.8. The Hall–Kier alpha value is -3.91. The minimum Gasteiger partial charge on any atom is -0.488 e. The van der Waals surface area contributed by atoms with Crippen molar-refractivity contribution in [2.45, 2.75) is 19.6 Å². The standard InChI is InChI=1S/C23H19ClN2O6/c1-15(22(27)25-20-12-11-17(26(29)30)13-19(20)24)32-23(28)18-9-5-6-10-21(18)31-14-16-7-3-2-4-8-16/h2-13,15H,14H2,1H3,(H,25,27). The van der Waals surface area contributed by atoms with Crippen molar-refractivity contribution >= 4 is 34.9 Å². The Kier molecular flexibility index (Phi) is 7.41. The second-order valence-corrected chi connectivity index (χ2v) is 7.14. The van der Waals surface area contributed by atoms with Crippen LogP contribution < -0.4 is 10.1 Å². The van der Waals surface area contributed by atoms with E-state index in [0.29, 0.717) is 5.75 Å². The van der Waals surface area contributed by atoms with E-state index < -0.39 is 22.9 Å². The minimum atomic E-state index is -1.16. The molecule has 0 saturated carbocycles.